The average molecular weight is 447 g/mol. The van der Waals surface area contributed by atoms with Gasteiger partial charge in [-0.1, -0.05) is 97.3 Å². The van der Waals surface area contributed by atoms with Crippen LogP contribution in [-0.2, 0) is 11.2 Å². The van der Waals surface area contributed by atoms with Crippen LogP contribution in [0.3, 0.4) is 0 Å². The summed E-state index contributed by atoms with van der Waals surface area (Å²) in [7, 11) is 0. The van der Waals surface area contributed by atoms with E-state index in [4.69, 9.17) is 5.11 Å². The van der Waals surface area contributed by atoms with E-state index in [9.17, 15) is 9.59 Å². The molecular weight excluding hydrogens is 400 g/mol. The summed E-state index contributed by atoms with van der Waals surface area (Å²) >= 11 is 0. The Labute approximate surface area is 195 Å². The van der Waals surface area contributed by atoms with Crippen LogP contribution in [0.2, 0.25) is 0 Å². The fraction of sp³-hybridized carbons (Fsp3) is 0.704. The molecule has 1 amide bonds. The number of carbonyl (C=O) groups excluding carboxylic acids is 1. The second-order valence-corrected chi connectivity index (χ2v) is 8.82. The third-order valence-electron chi connectivity index (χ3n) is 5.99. The largest absolute Gasteiger partial charge is 0.480 e. The molecule has 0 aliphatic rings. The highest BCUT2D eigenvalue weighted by atomic mass is 16.4. The van der Waals surface area contributed by atoms with E-state index in [0.29, 0.717) is 5.56 Å². The van der Waals surface area contributed by atoms with E-state index in [1.54, 1.807) is 6.07 Å². The standard InChI is InChI=1S/C27H46N2O3/c1-3-5-6-7-8-9-10-11-12-13-14-15-16-17-20-28-24-18-19-25(23(4-2)21-24)27(32)29-22-26(30)31/h18-19,21,28H,3-17,20,22H2,1-2H3,(H,29,32)(H,30,31). The monoisotopic (exact) mass is 446 g/mol. The summed E-state index contributed by atoms with van der Waals surface area (Å²) < 4.78 is 0. The van der Waals surface area contributed by atoms with Crippen molar-refractivity contribution in [1.82, 2.24) is 5.32 Å². The van der Waals surface area contributed by atoms with Crippen molar-refractivity contribution in [3.63, 3.8) is 0 Å². The molecule has 0 saturated carbocycles. The zero-order chi connectivity index (χ0) is 23.4. The molecule has 32 heavy (non-hydrogen) atoms. The van der Waals surface area contributed by atoms with Crippen molar-refractivity contribution in [2.24, 2.45) is 0 Å². The molecule has 5 heteroatoms. The minimum absolute atomic E-state index is 0.331. The summed E-state index contributed by atoms with van der Waals surface area (Å²) in [6.07, 6.45) is 19.8. The van der Waals surface area contributed by atoms with E-state index in [1.165, 1.54) is 83.5 Å². The predicted molar refractivity (Wildman–Crippen MR) is 135 cm³/mol. The smallest absolute Gasteiger partial charge is 0.322 e. The Morgan fingerprint density at radius 1 is 0.781 bits per heavy atom. The van der Waals surface area contributed by atoms with Gasteiger partial charge in [-0.15, -0.1) is 0 Å². The van der Waals surface area contributed by atoms with Gasteiger partial charge in [-0.05, 0) is 36.6 Å². The number of benzene rings is 1. The van der Waals surface area contributed by atoms with Crippen LogP contribution in [0.1, 0.15) is 120 Å². The Bertz CT molecular complexity index is 646. The highest BCUT2D eigenvalue weighted by molar-refractivity contribution is 5.97. The highest BCUT2D eigenvalue weighted by Crippen LogP contribution is 2.18. The van der Waals surface area contributed by atoms with Crippen LogP contribution in [0.25, 0.3) is 0 Å². The van der Waals surface area contributed by atoms with Gasteiger partial charge >= 0.3 is 5.97 Å². The number of rotatable bonds is 20. The van der Waals surface area contributed by atoms with Crippen LogP contribution < -0.4 is 10.6 Å². The van der Waals surface area contributed by atoms with Crippen molar-refractivity contribution in [2.45, 2.75) is 110 Å². The van der Waals surface area contributed by atoms with Crippen LogP contribution in [-0.4, -0.2) is 30.1 Å². The van der Waals surface area contributed by atoms with E-state index in [0.717, 1.165) is 30.6 Å². The highest BCUT2D eigenvalue weighted by Gasteiger charge is 2.12. The SMILES string of the molecule is CCCCCCCCCCCCCCCCNc1ccc(C(=O)NCC(=O)O)c(CC)c1. The number of unbranched alkanes of at least 4 members (excludes halogenated alkanes) is 13. The first kappa shape index (κ1) is 28.0. The first-order valence-electron chi connectivity index (χ1n) is 12.9. The number of aliphatic carboxylic acids is 1. The normalized spacial score (nSPS) is 10.8. The van der Waals surface area contributed by atoms with E-state index < -0.39 is 5.97 Å². The summed E-state index contributed by atoms with van der Waals surface area (Å²) in [6, 6.07) is 5.68. The average Bonchev–Trinajstić information content (AvgIpc) is 2.79. The molecule has 0 radical (unpaired) electrons. The first-order valence-corrected chi connectivity index (χ1v) is 12.9. The van der Waals surface area contributed by atoms with Gasteiger partial charge in [-0.3, -0.25) is 9.59 Å². The zero-order valence-corrected chi connectivity index (χ0v) is 20.5. The van der Waals surface area contributed by atoms with Gasteiger partial charge in [0.25, 0.3) is 5.91 Å². The molecule has 182 valence electrons. The van der Waals surface area contributed by atoms with Crippen LogP contribution in [0.15, 0.2) is 18.2 Å². The van der Waals surface area contributed by atoms with Gasteiger partial charge in [-0.25, -0.2) is 0 Å². The van der Waals surface area contributed by atoms with Crippen LogP contribution in [0, 0.1) is 0 Å². The van der Waals surface area contributed by atoms with Crippen molar-refractivity contribution in [1.29, 1.82) is 0 Å². The molecule has 0 aliphatic heterocycles. The lowest BCUT2D eigenvalue weighted by molar-refractivity contribution is -0.135. The van der Waals surface area contributed by atoms with Crippen LogP contribution >= 0.6 is 0 Å². The molecule has 0 unspecified atom stereocenters. The van der Waals surface area contributed by atoms with Gasteiger partial charge in [0.1, 0.15) is 6.54 Å². The molecule has 0 heterocycles. The van der Waals surface area contributed by atoms with E-state index in [-0.39, 0.29) is 12.5 Å². The Morgan fingerprint density at radius 3 is 1.81 bits per heavy atom. The minimum Gasteiger partial charge on any atom is -0.480 e. The Balaban J connectivity index is 2.08. The second kappa shape index (κ2) is 18.5. The molecule has 1 aromatic carbocycles. The van der Waals surface area contributed by atoms with Gasteiger partial charge in [0.05, 0.1) is 0 Å². The molecule has 0 fully saturated rings. The number of carbonyl (C=O) groups is 2. The molecule has 0 bridgehead atoms. The van der Waals surface area contributed by atoms with E-state index >= 15 is 0 Å². The third-order valence-corrected chi connectivity index (χ3v) is 5.99. The topological polar surface area (TPSA) is 78.4 Å². The quantitative estimate of drug-likeness (QED) is 0.189. The molecule has 0 aliphatic carbocycles. The molecule has 1 rings (SSSR count). The summed E-state index contributed by atoms with van der Waals surface area (Å²) in [6.45, 7) is 4.85. The molecule has 0 aromatic heterocycles. The Kier molecular flexibility index (Phi) is 16.2. The molecule has 3 N–H and O–H groups in total. The van der Waals surface area contributed by atoms with E-state index in [2.05, 4.69) is 17.6 Å². The van der Waals surface area contributed by atoms with Gasteiger partial charge in [0.2, 0.25) is 0 Å². The lowest BCUT2D eigenvalue weighted by Crippen LogP contribution is -2.29. The van der Waals surface area contributed by atoms with Crippen LogP contribution in [0.5, 0.6) is 0 Å². The number of aryl methyl sites for hydroxylation is 1. The number of carboxylic acids is 1. The van der Waals surface area contributed by atoms with Gasteiger partial charge < -0.3 is 15.7 Å². The molecule has 0 atom stereocenters. The lowest BCUT2D eigenvalue weighted by Gasteiger charge is -2.12. The predicted octanol–water partition coefficient (Wildman–Crippen LogP) is 6.96. The molecular formula is C27H46N2O3. The molecule has 1 aromatic rings. The van der Waals surface area contributed by atoms with E-state index in [1.807, 2.05) is 19.1 Å². The second-order valence-electron chi connectivity index (χ2n) is 8.82. The van der Waals surface area contributed by atoms with Gasteiger partial charge in [0, 0.05) is 17.8 Å². The number of nitrogens with one attached hydrogen (secondary N) is 2. The van der Waals surface area contributed by atoms with Crippen molar-refractivity contribution in [2.75, 3.05) is 18.4 Å². The minimum atomic E-state index is -1.04. The first-order chi connectivity index (χ1) is 15.6. The number of amides is 1. The third kappa shape index (κ3) is 13.4. The van der Waals surface area contributed by atoms with Crippen molar-refractivity contribution in [3.8, 4) is 0 Å². The van der Waals surface area contributed by atoms with Crippen molar-refractivity contribution >= 4 is 17.6 Å². The maximum atomic E-state index is 12.2. The molecule has 5 nitrogen and oxygen atoms in total. The fourth-order valence-electron chi connectivity index (χ4n) is 4.02. The Hall–Kier alpha value is -2.04. The summed E-state index contributed by atoms with van der Waals surface area (Å²) in [4.78, 5) is 22.8. The maximum Gasteiger partial charge on any atom is 0.322 e. The van der Waals surface area contributed by atoms with Crippen molar-refractivity contribution in [3.05, 3.63) is 29.3 Å². The molecule has 0 saturated heterocycles. The molecule has 0 spiro atoms. The zero-order valence-electron chi connectivity index (χ0n) is 20.5. The number of carboxylic acid groups (broad SMARTS) is 1. The van der Waals surface area contributed by atoms with Gasteiger partial charge in [-0.2, -0.15) is 0 Å². The summed E-state index contributed by atoms with van der Waals surface area (Å²) in [5, 5.41) is 14.6. The fourth-order valence-corrected chi connectivity index (χ4v) is 4.02. The van der Waals surface area contributed by atoms with Crippen molar-refractivity contribution < 1.29 is 14.7 Å². The number of anilines is 1. The Morgan fingerprint density at radius 2 is 1.31 bits per heavy atom. The van der Waals surface area contributed by atoms with Gasteiger partial charge in [0.15, 0.2) is 0 Å². The summed E-state index contributed by atoms with van der Waals surface area (Å²) in [5.41, 5.74) is 2.50. The number of hydrogen-bond acceptors (Lipinski definition) is 3. The van der Waals surface area contributed by atoms with Crippen LogP contribution in [0.4, 0.5) is 5.69 Å². The maximum absolute atomic E-state index is 12.2. The number of hydrogen-bond donors (Lipinski definition) is 3. The lowest BCUT2D eigenvalue weighted by atomic mass is 10.0. The summed E-state index contributed by atoms with van der Waals surface area (Å²) in [5.74, 6) is -1.37.